The number of nitrogens with zero attached hydrogens (tertiary/aromatic N) is 1. The minimum absolute atomic E-state index is 0.126. The number of nitrogens with one attached hydrogen (secondary N) is 3. The van der Waals surface area contributed by atoms with Crippen molar-refractivity contribution < 1.29 is 4.79 Å². The van der Waals surface area contributed by atoms with Crippen LogP contribution in [-0.4, -0.2) is 28.0 Å². The fourth-order valence-corrected chi connectivity index (χ4v) is 2.74. The number of rotatable bonds is 5. The van der Waals surface area contributed by atoms with Gasteiger partial charge in [-0.05, 0) is 18.8 Å². The number of fused-ring (bicyclic) bond motifs is 1. The third-order valence-corrected chi connectivity index (χ3v) is 4.20. The van der Waals surface area contributed by atoms with Crippen LogP contribution in [-0.2, 0) is 17.8 Å². The number of imidazole rings is 1. The zero-order valence-corrected chi connectivity index (χ0v) is 11.4. The number of carbonyl (C=O) groups excluding carboxylic acids is 1. The molecule has 3 rings (SSSR count). The van der Waals surface area contributed by atoms with E-state index in [4.69, 9.17) is 0 Å². The summed E-state index contributed by atoms with van der Waals surface area (Å²) in [5.41, 5.74) is 2.13. The van der Waals surface area contributed by atoms with Gasteiger partial charge in [0.2, 0.25) is 5.91 Å². The van der Waals surface area contributed by atoms with Crippen LogP contribution in [0.25, 0.3) is 0 Å². The minimum Gasteiger partial charge on any atom is -0.352 e. The highest BCUT2D eigenvalue weighted by molar-refractivity contribution is 5.82. The number of aromatic amines is 1. The molecule has 2 atom stereocenters. The first-order chi connectivity index (χ1) is 9.26. The highest BCUT2D eigenvalue weighted by Gasteiger charge is 2.29. The molecule has 2 aliphatic rings. The van der Waals surface area contributed by atoms with Gasteiger partial charge in [-0.2, -0.15) is 0 Å². The van der Waals surface area contributed by atoms with Crippen LogP contribution in [0.2, 0.25) is 0 Å². The molecule has 1 aliphatic heterocycles. The predicted octanol–water partition coefficient (Wildman–Crippen LogP) is 1.12. The van der Waals surface area contributed by atoms with Gasteiger partial charge in [0.15, 0.2) is 0 Å². The summed E-state index contributed by atoms with van der Waals surface area (Å²) in [6.45, 7) is 2.85. The van der Waals surface area contributed by atoms with Crippen molar-refractivity contribution in [3.8, 4) is 0 Å². The van der Waals surface area contributed by atoms with E-state index in [2.05, 4.69) is 27.5 Å². The van der Waals surface area contributed by atoms with Gasteiger partial charge in [-0.15, -0.1) is 0 Å². The van der Waals surface area contributed by atoms with Gasteiger partial charge in [0.1, 0.15) is 0 Å². The lowest BCUT2D eigenvalue weighted by Gasteiger charge is -2.25. The number of H-pyrrole nitrogens is 1. The van der Waals surface area contributed by atoms with Gasteiger partial charge >= 0.3 is 0 Å². The Balaban J connectivity index is 1.55. The second-order valence-electron chi connectivity index (χ2n) is 5.76. The molecule has 1 aromatic rings. The minimum atomic E-state index is -0.135. The fourth-order valence-electron chi connectivity index (χ4n) is 2.74. The average molecular weight is 262 g/mol. The van der Waals surface area contributed by atoms with Crippen molar-refractivity contribution in [1.82, 2.24) is 20.6 Å². The smallest absolute Gasteiger partial charge is 0.237 e. The number of hydrogen-bond donors (Lipinski definition) is 3. The van der Waals surface area contributed by atoms with Crippen LogP contribution in [0.1, 0.15) is 44.0 Å². The molecule has 0 spiro atoms. The molecule has 1 fully saturated rings. The topological polar surface area (TPSA) is 69.8 Å². The van der Waals surface area contributed by atoms with E-state index in [9.17, 15) is 4.79 Å². The van der Waals surface area contributed by atoms with Crippen molar-refractivity contribution in [3.63, 3.8) is 0 Å². The molecule has 1 amide bonds. The second kappa shape index (κ2) is 5.33. The van der Waals surface area contributed by atoms with Gasteiger partial charge in [0.05, 0.1) is 23.8 Å². The third-order valence-electron chi connectivity index (χ3n) is 4.20. The van der Waals surface area contributed by atoms with Crippen molar-refractivity contribution in [1.29, 1.82) is 0 Å². The first kappa shape index (κ1) is 12.7. The molecule has 1 aliphatic carbocycles. The van der Waals surface area contributed by atoms with Gasteiger partial charge < -0.3 is 10.3 Å². The number of carbonyl (C=O) groups is 1. The molecule has 5 nitrogen and oxygen atoms in total. The molecular formula is C14H22N4O. The highest BCUT2D eigenvalue weighted by Crippen LogP contribution is 2.34. The van der Waals surface area contributed by atoms with E-state index < -0.39 is 0 Å². The first-order valence-electron chi connectivity index (χ1n) is 7.31. The Hall–Kier alpha value is -1.36. The van der Waals surface area contributed by atoms with E-state index >= 15 is 0 Å². The normalized spacial score (nSPS) is 23.7. The molecule has 0 saturated heterocycles. The van der Waals surface area contributed by atoms with E-state index in [-0.39, 0.29) is 11.9 Å². The van der Waals surface area contributed by atoms with Crippen LogP contribution in [0.3, 0.4) is 0 Å². The lowest BCUT2D eigenvalue weighted by Crippen LogP contribution is -2.50. The van der Waals surface area contributed by atoms with Gasteiger partial charge in [0, 0.05) is 19.0 Å². The fraction of sp³-hybridized carbons (Fsp3) is 0.714. The van der Waals surface area contributed by atoms with Crippen molar-refractivity contribution in [3.05, 3.63) is 17.7 Å². The van der Waals surface area contributed by atoms with E-state index in [1.807, 2.05) is 0 Å². The summed E-state index contributed by atoms with van der Waals surface area (Å²) < 4.78 is 0. The molecule has 3 N–H and O–H groups in total. The SMILES string of the molecule is CCC(CC1CC1)NC(=O)C1Cc2nc[nH]c2CN1. The molecule has 2 unspecified atom stereocenters. The summed E-state index contributed by atoms with van der Waals surface area (Å²) in [4.78, 5) is 19.7. The zero-order chi connectivity index (χ0) is 13.2. The van der Waals surface area contributed by atoms with E-state index in [1.165, 1.54) is 12.8 Å². The van der Waals surface area contributed by atoms with Crippen LogP contribution in [0.15, 0.2) is 6.33 Å². The molecule has 1 saturated carbocycles. The van der Waals surface area contributed by atoms with Crippen molar-refractivity contribution in [2.45, 2.75) is 57.7 Å². The summed E-state index contributed by atoms with van der Waals surface area (Å²) in [6.07, 6.45) is 7.22. The molecule has 5 heteroatoms. The quantitative estimate of drug-likeness (QED) is 0.744. The highest BCUT2D eigenvalue weighted by atomic mass is 16.2. The lowest BCUT2D eigenvalue weighted by molar-refractivity contribution is -0.124. The van der Waals surface area contributed by atoms with Crippen LogP contribution >= 0.6 is 0 Å². The Morgan fingerprint density at radius 3 is 3.16 bits per heavy atom. The molecule has 1 aromatic heterocycles. The van der Waals surface area contributed by atoms with Crippen molar-refractivity contribution in [2.75, 3.05) is 0 Å². The molecule has 2 heterocycles. The Kier molecular flexibility index (Phi) is 3.55. The second-order valence-corrected chi connectivity index (χ2v) is 5.76. The maximum Gasteiger partial charge on any atom is 0.237 e. The molecule has 0 radical (unpaired) electrons. The molecular weight excluding hydrogens is 240 g/mol. The molecule has 0 aromatic carbocycles. The summed E-state index contributed by atoms with van der Waals surface area (Å²) in [5.74, 6) is 0.976. The van der Waals surface area contributed by atoms with Crippen molar-refractivity contribution in [2.24, 2.45) is 5.92 Å². The standard InChI is InChI=1S/C14H22N4O/c1-2-10(5-9-3-4-9)18-14(19)12-6-11-13(7-15-12)17-8-16-11/h8-10,12,15H,2-7H2,1H3,(H,16,17)(H,18,19). The van der Waals surface area contributed by atoms with Crippen LogP contribution in [0.4, 0.5) is 0 Å². The number of hydrogen-bond acceptors (Lipinski definition) is 3. The van der Waals surface area contributed by atoms with Crippen molar-refractivity contribution >= 4 is 5.91 Å². The van der Waals surface area contributed by atoms with E-state index in [0.29, 0.717) is 19.0 Å². The summed E-state index contributed by atoms with van der Waals surface area (Å²) in [6, 6.07) is 0.200. The monoisotopic (exact) mass is 262 g/mol. The van der Waals surface area contributed by atoms with E-state index in [0.717, 1.165) is 30.1 Å². The summed E-state index contributed by atoms with van der Waals surface area (Å²) >= 11 is 0. The van der Waals surface area contributed by atoms with Gasteiger partial charge in [-0.3, -0.25) is 10.1 Å². The molecule has 19 heavy (non-hydrogen) atoms. The first-order valence-corrected chi connectivity index (χ1v) is 7.31. The number of aromatic nitrogens is 2. The van der Waals surface area contributed by atoms with Crippen LogP contribution in [0, 0.1) is 5.92 Å². The van der Waals surface area contributed by atoms with Crippen LogP contribution in [0.5, 0.6) is 0 Å². The Morgan fingerprint density at radius 2 is 2.42 bits per heavy atom. The third kappa shape index (κ3) is 2.97. The number of amides is 1. The van der Waals surface area contributed by atoms with Gasteiger partial charge in [-0.1, -0.05) is 19.8 Å². The summed E-state index contributed by atoms with van der Waals surface area (Å²) in [5, 5.41) is 6.47. The Labute approximate surface area is 113 Å². The molecule has 0 bridgehead atoms. The summed E-state index contributed by atoms with van der Waals surface area (Å²) in [7, 11) is 0. The van der Waals surface area contributed by atoms with E-state index in [1.54, 1.807) is 6.33 Å². The Morgan fingerprint density at radius 1 is 1.58 bits per heavy atom. The van der Waals surface area contributed by atoms with Gasteiger partial charge in [0.25, 0.3) is 0 Å². The average Bonchev–Trinajstić information content (AvgIpc) is 3.11. The maximum absolute atomic E-state index is 12.3. The maximum atomic E-state index is 12.3. The Bertz CT molecular complexity index is 452. The predicted molar refractivity (Wildman–Crippen MR) is 72.5 cm³/mol. The largest absolute Gasteiger partial charge is 0.352 e. The molecule has 104 valence electrons. The zero-order valence-electron chi connectivity index (χ0n) is 11.4. The lowest BCUT2D eigenvalue weighted by atomic mass is 10.0. The van der Waals surface area contributed by atoms with Gasteiger partial charge in [-0.25, -0.2) is 4.98 Å². The van der Waals surface area contributed by atoms with Crippen LogP contribution < -0.4 is 10.6 Å².